The van der Waals surface area contributed by atoms with E-state index in [0.717, 1.165) is 0 Å². The minimum Gasteiger partial charge on any atom is -0.479 e. The first-order valence-electron chi connectivity index (χ1n) is 11.2. The van der Waals surface area contributed by atoms with Crippen molar-refractivity contribution in [2.45, 2.75) is 76.8 Å². The summed E-state index contributed by atoms with van der Waals surface area (Å²) in [6.07, 6.45) is -1.19. The number of carbonyl (C=O) groups excluding carboxylic acids is 1. The van der Waals surface area contributed by atoms with Gasteiger partial charge < -0.3 is 19.0 Å². The van der Waals surface area contributed by atoms with Gasteiger partial charge in [-0.2, -0.15) is 4.98 Å². The molecule has 13 heteroatoms. The molecular formula is C21H31N5O7Si. The molecule has 0 saturated carbocycles. The summed E-state index contributed by atoms with van der Waals surface area (Å²) in [6, 6.07) is 0. The normalized spacial score (nSPS) is 27.0. The summed E-state index contributed by atoms with van der Waals surface area (Å²) >= 11 is 0. The summed E-state index contributed by atoms with van der Waals surface area (Å²) in [7, 11) is -2.39. The first-order valence-corrected chi connectivity index (χ1v) is 14.1. The second kappa shape index (κ2) is 7.97. The number of aliphatic carboxylic acids is 1. The Hall–Kier alpha value is -2.61. The Kier molecular flexibility index (Phi) is 5.74. The molecule has 2 aliphatic rings. The highest BCUT2D eigenvalue weighted by molar-refractivity contribution is 6.74. The monoisotopic (exact) mass is 493 g/mol. The second-order valence-electron chi connectivity index (χ2n) is 10.7. The zero-order chi connectivity index (χ0) is 25.2. The molecule has 2 bridgehead atoms. The molecule has 4 rings (SSSR count). The number of aromatic amines is 1. The van der Waals surface area contributed by atoms with E-state index < -0.39 is 43.9 Å². The molecule has 2 unspecified atom stereocenters. The minimum absolute atomic E-state index is 0.0279. The van der Waals surface area contributed by atoms with Crippen molar-refractivity contribution in [3.63, 3.8) is 0 Å². The number of anilines is 1. The number of carbonyl (C=O) groups is 2. The topological polar surface area (TPSA) is 158 Å². The number of hydrogen-bond acceptors (Lipinski definition) is 8. The van der Waals surface area contributed by atoms with Crippen molar-refractivity contribution >= 4 is 37.3 Å². The van der Waals surface area contributed by atoms with Crippen LogP contribution in [-0.2, 0) is 23.5 Å². The van der Waals surface area contributed by atoms with E-state index in [1.165, 1.54) is 10.9 Å². The van der Waals surface area contributed by atoms with Crippen LogP contribution in [0.4, 0.5) is 5.95 Å². The predicted molar refractivity (Wildman–Crippen MR) is 124 cm³/mol. The smallest absolute Gasteiger partial charge is 0.341 e. The maximum atomic E-state index is 12.6. The van der Waals surface area contributed by atoms with Gasteiger partial charge in [0.2, 0.25) is 17.5 Å². The van der Waals surface area contributed by atoms with Crippen molar-refractivity contribution in [3.05, 3.63) is 16.7 Å². The molecule has 1 amide bonds. The fourth-order valence-corrected chi connectivity index (χ4v) is 5.12. The van der Waals surface area contributed by atoms with Crippen LogP contribution < -0.4 is 10.9 Å². The Morgan fingerprint density at radius 1 is 1.38 bits per heavy atom. The van der Waals surface area contributed by atoms with Crippen LogP contribution in [-0.4, -0.2) is 69.2 Å². The van der Waals surface area contributed by atoms with E-state index in [0.29, 0.717) is 0 Å². The van der Waals surface area contributed by atoms with Gasteiger partial charge in [0.15, 0.2) is 25.7 Å². The zero-order valence-electron chi connectivity index (χ0n) is 20.3. The summed E-state index contributed by atoms with van der Waals surface area (Å²) in [5, 5.41) is 12.5. The average molecular weight is 494 g/mol. The van der Waals surface area contributed by atoms with E-state index in [1.807, 2.05) is 13.1 Å². The highest BCUT2D eigenvalue weighted by Crippen LogP contribution is 2.50. The Morgan fingerprint density at radius 3 is 2.65 bits per heavy atom. The van der Waals surface area contributed by atoms with E-state index in [-0.39, 0.29) is 40.6 Å². The fraction of sp³-hybridized carbons (Fsp3) is 0.667. The highest BCUT2D eigenvalue weighted by Gasteiger charge is 2.68. The van der Waals surface area contributed by atoms with Gasteiger partial charge in [-0.05, 0) is 18.1 Å². The van der Waals surface area contributed by atoms with Crippen molar-refractivity contribution in [1.29, 1.82) is 0 Å². The third-order valence-corrected chi connectivity index (χ3v) is 11.4. The Bertz CT molecular complexity index is 1200. The summed E-state index contributed by atoms with van der Waals surface area (Å²) in [5.74, 6) is -1.86. The lowest BCUT2D eigenvalue weighted by molar-refractivity contribution is -0.197. The number of carboxylic acids is 1. The SMILES string of the molecule is CC(C)C(=O)Nc1nc2c(ncn2[C@@H]2O[C@@]3(C(=O)O)COC2C3O[Si](C)(C)C(C)(C)C)c(=O)[nH]1. The van der Waals surface area contributed by atoms with Crippen LogP contribution >= 0.6 is 0 Å². The largest absolute Gasteiger partial charge is 0.479 e. The van der Waals surface area contributed by atoms with E-state index in [9.17, 15) is 19.5 Å². The summed E-state index contributed by atoms with van der Waals surface area (Å²) < 4.78 is 20.0. The van der Waals surface area contributed by atoms with Crippen molar-refractivity contribution < 1.29 is 28.6 Å². The molecule has 4 atom stereocenters. The first-order chi connectivity index (χ1) is 15.7. The van der Waals surface area contributed by atoms with Crippen LogP contribution in [0.2, 0.25) is 18.1 Å². The molecule has 0 aromatic carbocycles. The maximum absolute atomic E-state index is 12.6. The molecule has 0 spiro atoms. The number of nitrogens with zero attached hydrogens (tertiary/aromatic N) is 3. The number of amides is 1. The van der Waals surface area contributed by atoms with Crippen LogP contribution in [0.5, 0.6) is 0 Å². The lowest BCUT2D eigenvalue weighted by Gasteiger charge is -2.39. The number of rotatable bonds is 6. The molecule has 4 heterocycles. The number of carboxylic acid groups (broad SMARTS) is 1. The first kappa shape index (κ1) is 24.5. The van der Waals surface area contributed by atoms with Gasteiger partial charge >= 0.3 is 5.97 Å². The van der Waals surface area contributed by atoms with Gasteiger partial charge in [-0.25, -0.2) is 9.78 Å². The average Bonchev–Trinajstić information content (AvgIpc) is 3.37. The summed E-state index contributed by atoms with van der Waals surface area (Å²) in [6.45, 7) is 13.5. The summed E-state index contributed by atoms with van der Waals surface area (Å²) in [5.41, 5.74) is -2.08. The standard InChI is InChI=1S/C21H31N5O7Si/c1-10(2)15(27)24-19-23-14-11(16(28)25-19)22-9-26(14)17-12-13(33-34(6,7)20(3,4)5)21(32-17,8-31-12)18(29)30/h9-10,12-13,17H,8H2,1-7H3,(H,29,30)(H2,23,24,25,27,28)/t12?,13?,17-,21+/m1/s1. The van der Waals surface area contributed by atoms with Gasteiger partial charge in [-0.1, -0.05) is 34.6 Å². The number of fused-ring (bicyclic) bond motifs is 3. The van der Waals surface area contributed by atoms with Crippen LogP contribution in [0.25, 0.3) is 11.2 Å². The summed E-state index contributed by atoms with van der Waals surface area (Å²) in [4.78, 5) is 48.0. The van der Waals surface area contributed by atoms with Gasteiger partial charge in [-0.3, -0.25) is 24.5 Å². The molecule has 2 fully saturated rings. The lowest BCUT2D eigenvalue weighted by Crippen LogP contribution is -2.54. The molecule has 2 saturated heterocycles. The van der Waals surface area contributed by atoms with Gasteiger partial charge in [0, 0.05) is 5.92 Å². The Morgan fingerprint density at radius 2 is 2.06 bits per heavy atom. The molecule has 2 aromatic heterocycles. The molecule has 12 nitrogen and oxygen atoms in total. The van der Waals surface area contributed by atoms with Crippen molar-refractivity contribution in [3.8, 4) is 0 Å². The Balaban J connectivity index is 1.75. The van der Waals surface area contributed by atoms with E-state index in [4.69, 9.17) is 13.9 Å². The third-order valence-electron chi connectivity index (χ3n) is 6.92. The number of nitrogens with one attached hydrogen (secondary N) is 2. The highest BCUT2D eigenvalue weighted by atomic mass is 28.4. The lowest BCUT2D eigenvalue weighted by atomic mass is 10.00. The van der Waals surface area contributed by atoms with Crippen LogP contribution in [0.3, 0.4) is 0 Å². The van der Waals surface area contributed by atoms with E-state index in [2.05, 4.69) is 41.0 Å². The number of ether oxygens (including phenoxy) is 2. The van der Waals surface area contributed by atoms with E-state index in [1.54, 1.807) is 13.8 Å². The van der Waals surface area contributed by atoms with Crippen LogP contribution in [0, 0.1) is 5.92 Å². The molecule has 0 aliphatic carbocycles. The number of aromatic nitrogens is 4. The molecule has 2 aromatic rings. The molecule has 186 valence electrons. The van der Waals surface area contributed by atoms with Gasteiger partial charge in [0.05, 0.1) is 12.9 Å². The van der Waals surface area contributed by atoms with Gasteiger partial charge in [0.1, 0.15) is 12.2 Å². The minimum atomic E-state index is -2.39. The third kappa shape index (κ3) is 3.76. The van der Waals surface area contributed by atoms with Crippen LogP contribution in [0.15, 0.2) is 11.1 Å². The van der Waals surface area contributed by atoms with Crippen LogP contribution in [0.1, 0.15) is 40.8 Å². The van der Waals surface area contributed by atoms with Gasteiger partial charge in [0.25, 0.3) is 5.56 Å². The molecule has 0 radical (unpaired) electrons. The second-order valence-corrected chi connectivity index (χ2v) is 15.4. The fourth-order valence-electron chi connectivity index (χ4n) is 3.81. The van der Waals surface area contributed by atoms with Crippen molar-refractivity contribution in [2.75, 3.05) is 11.9 Å². The predicted octanol–water partition coefficient (Wildman–Crippen LogP) is 1.86. The molecule has 34 heavy (non-hydrogen) atoms. The number of hydrogen-bond donors (Lipinski definition) is 3. The van der Waals surface area contributed by atoms with E-state index >= 15 is 0 Å². The zero-order valence-corrected chi connectivity index (χ0v) is 21.3. The molecule has 2 aliphatic heterocycles. The molecular weight excluding hydrogens is 462 g/mol. The quantitative estimate of drug-likeness (QED) is 0.511. The Labute approximate surface area is 197 Å². The van der Waals surface area contributed by atoms with Gasteiger partial charge in [-0.15, -0.1) is 0 Å². The number of imidazole rings is 1. The van der Waals surface area contributed by atoms with Crippen molar-refractivity contribution in [1.82, 2.24) is 19.5 Å². The van der Waals surface area contributed by atoms with Crippen molar-refractivity contribution in [2.24, 2.45) is 5.92 Å². The molecule has 3 N–H and O–H groups in total. The maximum Gasteiger partial charge on any atom is 0.341 e. The number of H-pyrrole nitrogens is 1.